The summed E-state index contributed by atoms with van der Waals surface area (Å²) in [5.41, 5.74) is 3.41. The van der Waals surface area contributed by atoms with E-state index in [4.69, 9.17) is 4.98 Å². The third kappa shape index (κ3) is 4.49. The second-order valence-electron chi connectivity index (χ2n) is 7.71. The highest BCUT2D eigenvalue weighted by Gasteiger charge is 2.24. The second kappa shape index (κ2) is 8.70. The van der Waals surface area contributed by atoms with Crippen molar-refractivity contribution in [3.8, 4) is 21.8 Å². The van der Waals surface area contributed by atoms with Gasteiger partial charge in [-0.05, 0) is 34.9 Å². The molecular weight excluding hydrogens is 408 g/mol. The van der Waals surface area contributed by atoms with Crippen molar-refractivity contribution >= 4 is 34.0 Å². The third-order valence-corrected chi connectivity index (χ3v) is 6.03. The fourth-order valence-corrected chi connectivity index (χ4v) is 4.23. The van der Waals surface area contributed by atoms with Crippen molar-refractivity contribution in [2.75, 3.05) is 0 Å². The van der Waals surface area contributed by atoms with E-state index in [1.165, 1.54) is 0 Å². The molecule has 156 valence electrons. The van der Waals surface area contributed by atoms with Crippen molar-refractivity contribution in [3.63, 3.8) is 0 Å². The van der Waals surface area contributed by atoms with Gasteiger partial charge in [-0.2, -0.15) is 0 Å². The minimum Gasteiger partial charge on any atom is -0.480 e. The first kappa shape index (κ1) is 20.8. The maximum Gasteiger partial charge on any atom is 0.326 e. The summed E-state index contributed by atoms with van der Waals surface area (Å²) >= 11 is 1.58. The molecule has 0 aliphatic rings. The first-order chi connectivity index (χ1) is 14.9. The van der Waals surface area contributed by atoms with Crippen LogP contribution < -0.4 is 5.32 Å². The molecule has 1 amide bonds. The number of fused-ring (bicyclic) bond motifs is 1. The lowest BCUT2D eigenvalue weighted by molar-refractivity contribution is -0.140. The quantitative estimate of drug-likeness (QED) is 0.425. The van der Waals surface area contributed by atoms with Gasteiger partial charge in [-0.3, -0.25) is 4.79 Å². The van der Waals surface area contributed by atoms with Crippen LogP contribution in [0.1, 0.15) is 24.2 Å². The average molecular weight is 431 g/mol. The van der Waals surface area contributed by atoms with Gasteiger partial charge in [-0.25, -0.2) is 9.78 Å². The summed E-state index contributed by atoms with van der Waals surface area (Å²) in [6.07, 6.45) is 0. The van der Waals surface area contributed by atoms with E-state index in [9.17, 15) is 14.7 Å². The summed E-state index contributed by atoms with van der Waals surface area (Å²) in [4.78, 5) is 28.8. The van der Waals surface area contributed by atoms with Gasteiger partial charge in [0.2, 0.25) is 0 Å². The minimum absolute atomic E-state index is 0.211. The van der Waals surface area contributed by atoms with Crippen molar-refractivity contribution < 1.29 is 14.7 Å². The number of carboxylic acid groups (broad SMARTS) is 1. The summed E-state index contributed by atoms with van der Waals surface area (Å²) in [6, 6.07) is 20.5. The number of nitrogens with zero attached hydrogens (tertiary/aromatic N) is 1. The monoisotopic (exact) mass is 430 g/mol. The number of hydrogen-bond acceptors (Lipinski definition) is 4. The standard InChI is InChI=1S/C25H22N2O3S/c1-15(2)22(25(29)30)27-23(28)18-10-8-16-9-11-19(13-20(16)12-18)24-26-21(14-31-24)17-6-4-3-5-7-17/h3-15,22H,1-2H3,(H,27,28)(H,29,30). The Bertz CT molecular complexity index is 1250. The highest BCUT2D eigenvalue weighted by molar-refractivity contribution is 7.13. The van der Waals surface area contributed by atoms with Crippen LogP contribution in [-0.2, 0) is 4.79 Å². The van der Waals surface area contributed by atoms with E-state index in [2.05, 4.69) is 5.32 Å². The molecule has 0 fully saturated rings. The smallest absolute Gasteiger partial charge is 0.326 e. The van der Waals surface area contributed by atoms with E-state index >= 15 is 0 Å². The van der Waals surface area contributed by atoms with Gasteiger partial charge in [-0.1, -0.05) is 62.4 Å². The first-order valence-electron chi connectivity index (χ1n) is 10.0. The number of carbonyl (C=O) groups excluding carboxylic acids is 1. The highest BCUT2D eigenvalue weighted by atomic mass is 32.1. The summed E-state index contributed by atoms with van der Waals surface area (Å²) in [5, 5.41) is 16.8. The Morgan fingerprint density at radius 2 is 1.68 bits per heavy atom. The zero-order valence-corrected chi connectivity index (χ0v) is 18.0. The van der Waals surface area contributed by atoms with Gasteiger partial charge < -0.3 is 10.4 Å². The Hall–Kier alpha value is -3.51. The Labute approximate surface area is 184 Å². The maximum absolute atomic E-state index is 12.6. The summed E-state index contributed by atoms with van der Waals surface area (Å²) in [6.45, 7) is 3.53. The van der Waals surface area contributed by atoms with Crippen LogP contribution in [0.3, 0.4) is 0 Å². The van der Waals surface area contributed by atoms with Crippen LogP contribution in [0.5, 0.6) is 0 Å². The Morgan fingerprint density at radius 3 is 2.39 bits per heavy atom. The van der Waals surface area contributed by atoms with Crippen molar-refractivity contribution in [2.45, 2.75) is 19.9 Å². The van der Waals surface area contributed by atoms with Crippen molar-refractivity contribution in [3.05, 3.63) is 77.7 Å². The molecule has 4 rings (SSSR count). The Kier molecular flexibility index (Phi) is 5.82. The van der Waals surface area contributed by atoms with Gasteiger partial charge in [0.15, 0.2) is 0 Å². The molecule has 0 saturated heterocycles. The van der Waals surface area contributed by atoms with Crippen molar-refractivity contribution in [2.24, 2.45) is 5.92 Å². The van der Waals surface area contributed by atoms with E-state index in [0.29, 0.717) is 5.56 Å². The molecule has 1 aromatic heterocycles. The number of thiazole rings is 1. The van der Waals surface area contributed by atoms with Crippen LogP contribution in [0, 0.1) is 5.92 Å². The lowest BCUT2D eigenvalue weighted by Crippen LogP contribution is -2.44. The lowest BCUT2D eigenvalue weighted by atomic mass is 10.0. The lowest BCUT2D eigenvalue weighted by Gasteiger charge is -2.18. The topological polar surface area (TPSA) is 79.3 Å². The Balaban J connectivity index is 1.63. The molecule has 0 aliphatic heterocycles. The fourth-order valence-electron chi connectivity index (χ4n) is 3.41. The van der Waals surface area contributed by atoms with E-state index < -0.39 is 17.9 Å². The SMILES string of the molecule is CC(C)C(NC(=O)c1ccc2ccc(-c3nc(-c4ccccc4)cs3)cc2c1)C(=O)O. The molecule has 31 heavy (non-hydrogen) atoms. The molecule has 0 aliphatic carbocycles. The van der Waals surface area contributed by atoms with Crippen LogP contribution in [0.2, 0.25) is 0 Å². The second-order valence-corrected chi connectivity index (χ2v) is 8.57. The van der Waals surface area contributed by atoms with Crippen LogP contribution in [0.25, 0.3) is 32.6 Å². The molecule has 6 heteroatoms. The molecule has 0 spiro atoms. The number of nitrogens with one attached hydrogen (secondary N) is 1. The van der Waals surface area contributed by atoms with E-state index in [1.54, 1.807) is 37.3 Å². The normalized spacial score (nSPS) is 12.1. The molecule has 0 bridgehead atoms. The van der Waals surface area contributed by atoms with E-state index in [-0.39, 0.29) is 5.92 Å². The van der Waals surface area contributed by atoms with Crippen LogP contribution in [0.15, 0.2) is 72.1 Å². The molecule has 5 nitrogen and oxygen atoms in total. The van der Waals surface area contributed by atoms with Crippen molar-refractivity contribution in [1.29, 1.82) is 0 Å². The predicted octanol–water partition coefficient (Wildman–Crippen LogP) is 5.47. The van der Waals surface area contributed by atoms with Crippen LogP contribution >= 0.6 is 11.3 Å². The fraction of sp³-hybridized carbons (Fsp3) is 0.160. The van der Waals surface area contributed by atoms with Crippen LogP contribution in [0.4, 0.5) is 0 Å². The number of aliphatic carboxylic acids is 1. The Morgan fingerprint density at radius 1 is 0.935 bits per heavy atom. The summed E-state index contributed by atoms with van der Waals surface area (Å²) in [5.74, 6) is -1.64. The highest BCUT2D eigenvalue weighted by Crippen LogP contribution is 2.31. The van der Waals surface area contributed by atoms with Gasteiger partial charge in [-0.15, -0.1) is 11.3 Å². The van der Waals surface area contributed by atoms with Gasteiger partial charge >= 0.3 is 5.97 Å². The number of hydrogen-bond donors (Lipinski definition) is 2. The molecule has 1 unspecified atom stereocenters. The molecule has 0 radical (unpaired) electrons. The first-order valence-corrected chi connectivity index (χ1v) is 10.9. The number of benzene rings is 3. The van der Waals surface area contributed by atoms with Gasteiger partial charge in [0, 0.05) is 22.1 Å². The third-order valence-electron chi connectivity index (χ3n) is 5.14. The molecule has 3 aromatic carbocycles. The molecule has 2 N–H and O–H groups in total. The number of rotatable bonds is 6. The van der Waals surface area contributed by atoms with E-state index in [0.717, 1.165) is 32.6 Å². The molecule has 1 atom stereocenters. The zero-order chi connectivity index (χ0) is 22.0. The van der Waals surface area contributed by atoms with Crippen molar-refractivity contribution in [1.82, 2.24) is 10.3 Å². The van der Waals surface area contributed by atoms with E-state index in [1.807, 2.05) is 60.0 Å². The molecule has 0 saturated carbocycles. The van der Waals surface area contributed by atoms with Crippen LogP contribution in [-0.4, -0.2) is 28.0 Å². The molecular formula is C25H22N2O3S. The summed E-state index contributed by atoms with van der Waals surface area (Å²) < 4.78 is 0. The average Bonchev–Trinajstić information content (AvgIpc) is 3.27. The molecule has 4 aromatic rings. The largest absolute Gasteiger partial charge is 0.480 e. The minimum atomic E-state index is -1.04. The maximum atomic E-state index is 12.6. The van der Waals surface area contributed by atoms with Gasteiger partial charge in [0.1, 0.15) is 11.0 Å². The number of amides is 1. The zero-order valence-electron chi connectivity index (χ0n) is 17.2. The predicted molar refractivity (Wildman–Crippen MR) is 124 cm³/mol. The number of carbonyl (C=O) groups is 2. The number of carboxylic acids is 1. The van der Waals surface area contributed by atoms with Gasteiger partial charge in [0.25, 0.3) is 5.91 Å². The summed E-state index contributed by atoms with van der Waals surface area (Å²) in [7, 11) is 0. The molecule has 1 heterocycles. The number of aromatic nitrogens is 1. The van der Waals surface area contributed by atoms with Gasteiger partial charge in [0.05, 0.1) is 5.69 Å².